The first kappa shape index (κ1) is 21.2. The molecular weight excluding hydrogens is 408 g/mol. The average molecular weight is 432 g/mol. The molecule has 0 atom stereocenters. The molecule has 2 heterocycles. The monoisotopic (exact) mass is 432 g/mol. The van der Waals surface area contributed by atoms with Crippen LogP contribution in [0.3, 0.4) is 0 Å². The number of hydrogen-bond acceptors (Lipinski definition) is 7. The number of piperidine rings is 1. The number of rotatable bonds is 7. The zero-order valence-electron chi connectivity index (χ0n) is 17.5. The third-order valence-corrected chi connectivity index (χ3v) is 5.47. The van der Waals surface area contributed by atoms with Gasteiger partial charge in [-0.3, -0.25) is 25.8 Å². The molecule has 164 valence electrons. The first-order valence-corrected chi connectivity index (χ1v) is 10.5. The van der Waals surface area contributed by atoms with E-state index < -0.39 is 10.8 Å². The number of amides is 1. The second kappa shape index (κ2) is 9.86. The second-order valence-corrected chi connectivity index (χ2v) is 7.57. The highest BCUT2D eigenvalue weighted by Gasteiger charge is 2.29. The van der Waals surface area contributed by atoms with Crippen LogP contribution in [0.25, 0.3) is 0 Å². The van der Waals surface area contributed by atoms with Crippen molar-refractivity contribution in [1.29, 1.82) is 0 Å². The minimum Gasteiger partial charge on any atom is -0.351 e. The Morgan fingerprint density at radius 1 is 0.938 bits per heavy atom. The van der Waals surface area contributed by atoms with Gasteiger partial charge in [-0.25, -0.2) is 9.97 Å². The smallest absolute Gasteiger partial charge is 0.351 e. The Morgan fingerprint density at radius 3 is 2.09 bits per heavy atom. The molecule has 0 aliphatic carbocycles. The van der Waals surface area contributed by atoms with Crippen LogP contribution in [-0.2, 0) is 4.79 Å². The predicted octanol–water partition coefficient (Wildman–Crippen LogP) is 3.65. The number of carbonyl (C=O) groups is 1. The van der Waals surface area contributed by atoms with E-state index >= 15 is 0 Å². The number of nitrogens with zero attached hydrogens (tertiary/aromatic N) is 4. The molecule has 0 radical (unpaired) electrons. The Labute approximate surface area is 185 Å². The molecule has 1 fully saturated rings. The van der Waals surface area contributed by atoms with Crippen LogP contribution in [0.2, 0.25) is 0 Å². The number of benzene rings is 2. The summed E-state index contributed by atoms with van der Waals surface area (Å²) in [5.41, 5.74) is 6.67. The van der Waals surface area contributed by atoms with Gasteiger partial charge in [0.1, 0.15) is 6.33 Å². The summed E-state index contributed by atoms with van der Waals surface area (Å²) in [5.74, 6) is -0.717. The molecule has 1 amide bonds. The Morgan fingerprint density at radius 2 is 1.53 bits per heavy atom. The van der Waals surface area contributed by atoms with Crippen molar-refractivity contribution in [2.75, 3.05) is 23.4 Å². The van der Waals surface area contributed by atoms with E-state index in [4.69, 9.17) is 0 Å². The van der Waals surface area contributed by atoms with Gasteiger partial charge in [0.05, 0.1) is 10.8 Å². The number of carbonyl (C=O) groups excluding carboxylic acids is 1. The Hall–Kier alpha value is -4.01. The highest BCUT2D eigenvalue weighted by Crippen LogP contribution is 2.33. The molecule has 1 saturated heterocycles. The van der Waals surface area contributed by atoms with Crippen LogP contribution in [0.4, 0.5) is 17.3 Å². The van der Waals surface area contributed by atoms with Crippen molar-refractivity contribution >= 4 is 23.2 Å². The quantitative estimate of drug-likeness (QED) is 0.433. The summed E-state index contributed by atoms with van der Waals surface area (Å²) in [6.07, 6.45) is 4.28. The fraction of sp³-hybridized carbons (Fsp3) is 0.261. The lowest BCUT2D eigenvalue weighted by Crippen LogP contribution is -2.35. The molecule has 9 heteroatoms. The molecule has 0 spiro atoms. The summed E-state index contributed by atoms with van der Waals surface area (Å²) >= 11 is 0. The fourth-order valence-electron chi connectivity index (χ4n) is 3.95. The molecule has 0 bridgehead atoms. The van der Waals surface area contributed by atoms with Gasteiger partial charge in [-0.15, -0.1) is 0 Å². The molecule has 32 heavy (non-hydrogen) atoms. The van der Waals surface area contributed by atoms with E-state index in [0.29, 0.717) is 13.1 Å². The molecule has 1 aliphatic heterocycles. The average Bonchev–Trinajstić information content (AvgIpc) is 2.84. The standard InChI is InChI=1S/C23H24N6O3/c30-23(19(17-10-4-1-5-11-17)18-12-6-2-7-13-18)27-26-21-20(29(31)32)22(25-16-24-21)28-14-8-3-9-15-28/h1-2,4-7,10-13,16,19H,3,8-9,14-15H2,(H,27,30)(H,24,25,26). The molecule has 0 unspecified atom stereocenters. The molecule has 1 aromatic heterocycles. The van der Waals surface area contributed by atoms with E-state index in [1.54, 1.807) is 0 Å². The second-order valence-electron chi connectivity index (χ2n) is 7.57. The van der Waals surface area contributed by atoms with Gasteiger partial charge >= 0.3 is 5.69 Å². The van der Waals surface area contributed by atoms with Crippen LogP contribution in [0.1, 0.15) is 36.3 Å². The van der Waals surface area contributed by atoms with Gasteiger partial charge in [-0.05, 0) is 30.4 Å². The molecule has 3 aromatic rings. The highest BCUT2D eigenvalue weighted by molar-refractivity contribution is 5.88. The Kier molecular flexibility index (Phi) is 6.54. The number of aromatic nitrogens is 2. The van der Waals surface area contributed by atoms with Gasteiger partial charge in [0.15, 0.2) is 0 Å². The van der Waals surface area contributed by atoms with Crippen LogP contribution >= 0.6 is 0 Å². The van der Waals surface area contributed by atoms with Crippen LogP contribution in [0, 0.1) is 10.1 Å². The maximum atomic E-state index is 13.2. The summed E-state index contributed by atoms with van der Waals surface area (Å²) in [5, 5.41) is 11.9. The molecule has 1 aliphatic rings. The van der Waals surface area contributed by atoms with Crippen LogP contribution < -0.4 is 15.8 Å². The van der Waals surface area contributed by atoms with E-state index in [2.05, 4.69) is 20.8 Å². The number of nitrogens with one attached hydrogen (secondary N) is 2. The molecule has 2 aromatic carbocycles. The van der Waals surface area contributed by atoms with Crippen molar-refractivity contribution in [2.24, 2.45) is 0 Å². The summed E-state index contributed by atoms with van der Waals surface area (Å²) in [4.78, 5) is 34.6. The van der Waals surface area contributed by atoms with Gasteiger partial charge in [-0.1, -0.05) is 60.7 Å². The third kappa shape index (κ3) is 4.66. The number of anilines is 2. The largest absolute Gasteiger partial charge is 0.355 e. The SMILES string of the molecule is O=C(NNc1ncnc(N2CCCCC2)c1[N+](=O)[O-])C(c1ccccc1)c1ccccc1. The Balaban J connectivity index is 1.59. The van der Waals surface area contributed by atoms with Gasteiger partial charge < -0.3 is 4.90 Å². The number of hydrazine groups is 1. The maximum absolute atomic E-state index is 13.2. The summed E-state index contributed by atoms with van der Waals surface area (Å²) < 4.78 is 0. The van der Waals surface area contributed by atoms with Crippen molar-refractivity contribution in [1.82, 2.24) is 15.4 Å². The third-order valence-electron chi connectivity index (χ3n) is 5.47. The van der Waals surface area contributed by atoms with Crippen molar-refractivity contribution in [2.45, 2.75) is 25.2 Å². The minimum atomic E-state index is -0.590. The van der Waals surface area contributed by atoms with Crippen molar-refractivity contribution < 1.29 is 9.72 Å². The molecule has 0 saturated carbocycles. The van der Waals surface area contributed by atoms with Crippen LogP contribution in [0.15, 0.2) is 67.0 Å². The van der Waals surface area contributed by atoms with Crippen LogP contribution in [-0.4, -0.2) is 33.9 Å². The van der Waals surface area contributed by atoms with E-state index in [9.17, 15) is 14.9 Å². The summed E-state index contributed by atoms with van der Waals surface area (Å²) in [6.45, 7) is 1.40. The van der Waals surface area contributed by atoms with Crippen LogP contribution in [0.5, 0.6) is 0 Å². The van der Waals surface area contributed by atoms with E-state index in [0.717, 1.165) is 30.4 Å². The number of hydrogen-bond donors (Lipinski definition) is 2. The summed E-state index contributed by atoms with van der Waals surface area (Å²) in [7, 11) is 0. The lowest BCUT2D eigenvalue weighted by Gasteiger charge is -2.27. The van der Waals surface area contributed by atoms with E-state index in [-0.39, 0.29) is 23.2 Å². The summed E-state index contributed by atoms with van der Waals surface area (Å²) in [6, 6.07) is 18.7. The van der Waals surface area contributed by atoms with Gasteiger partial charge in [0.2, 0.25) is 17.5 Å². The van der Waals surface area contributed by atoms with Gasteiger partial charge in [0.25, 0.3) is 0 Å². The van der Waals surface area contributed by atoms with Crippen molar-refractivity contribution in [3.05, 3.63) is 88.2 Å². The lowest BCUT2D eigenvalue weighted by atomic mass is 9.91. The lowest BCUT2D eigenvalue weighted by molar-refractivity contribution is -0.383. The molecule has 9 nitrogen and oxygen atoms in total. The van der Waals surface area contributed by atoms with Gasteiger partial charge in [0, 0.05) is 13.1 Å². The molecule has 4 rings (SSSR count). The first-order chi connectivity index (χ1) is 15.6. The number of nitro groups is 1. The van der Waals surface area contributed by atoms with E-state index in [1.807, 2.05) is 65.6 Å². The fourth-order valence-corrected chi connectivity index (χ4v) is 3.95. The zero-order chi connectivity index (χ0) is 22.3. The zero-order valence-corrected chi connectivity index (χ0v) is 17.5. The predicted molar refractivity (Wildman–Crippen MR) is 121 cm³/mol. The minimum absolute atomic E-state index is 0.0428. The Bertz CT molecular complexity index is 1030. The van der Waals surface area contributed by atoms with Gasteiger partial charge in [-0.2, -0.15) is 0 Å². The van der Waals surface area contributed by atoms with Crippen molar-refractivity contribution in [3.63, 3.8) is 0 Å². The first-order valence-electron chi connectivity index (χ1n) is 10.5. The topological polar surface area (TPSA) is 113 Å². The van der Waals surface area contributed by atoms with Crippen molar-refractivity contribution in [3.8, 4) is 0 Å². The molecule has 2 N–H and O–H groups in total. The maximum Gasteiger partial charge on any atom is 0.355 e. The molecular formula is C23H24N6O3. The normalized spacial score (nSPS) is 13.6. The highest BCUT2D eigenvalue weighted by atomic mass is 16.6. The van der Waals surface area contributed by atoms with E-state index in [1.165, 1.54) is 6.33 Å².